The van der Waals surface area contributed by atoms with Crippen molar-refractivity contribution in [2.75, 3.05) is 33.3 Å². The number of amides is 2. The summed E-state index contributed by atoms with van der Waals surface area (Å²) in [7, 11) is 1.10. The van der Waals surface area contributed by atoms with Crippen LogP contribution in [0.15, 0.2) is 18.2 Å². The molecule has 2 amide bonds. The lowest BCUT2D eigenvalue weighted by Crippen LogP contribution is -2.47. The average molecular weight is 468 g/mol. The predicted molar refractivity (Wildman–Crippen MR) is 99.3 cm³/mol. The Bertz CT molecular complexity index is 836. The summed E-state index contributed by atoms with van der Waals surface area (Å²) >= 11 is 0. The molecule has 6 nitrogen and oxygen atoms in total. The van der Waals surface area contributed by atoms with Crippen LogP contribution in [-0.2, 0) is 26.7 Å². The van der Waals surface area contributed by atoms with Crippen molar-refractivity contribution >= 4 is 17.8 Å². The molecule has 1 aliphatic heterocycles. The summed E-state index contributed by atoms with van der Waals surface area (Å²) in [6.45, 7) is 1.60. The van der Waals surface area contributed by atoms with Crippen LogP contribution >= 0.6 is 0 Å². The van der Waals surface area contributed by atoms with Crippen molar-refractivity contribution in [3.63, 3.8) is 0 Å². The molecule has 1 aromatic rings. The zero-order valence-electron chi connectivity index (χ0n) is 17.3. The lowest BCUT2D eigenvalue weighted by atomic mass is 9.98. The van der Waals surface area contributed by atoms with Crippen molar-refractivity contribution in [3.8, 4) is 0 Å². The fourth-order valence-corrected chi connectivity index (χ4v) is 3.33. The topological polar surface area (TPSA) is 66.9 Å². The van der Waals surface area contributed by atoms with Crippen LogP contribution in [0.1, 0.15) is 41.3 Å². The number of alkyl halides is 6. The number of esters is 1. The SMILES string of the molecule is CCOC(=O)C1CCCN(C(=O)CN(C)C(=O)c2cc(C(F)(F)F)cc(C(F)(F)F)c2)C1. The van der Waals surface area contributed by atoms with Crippen LogP contribution in [0.5, 0.6) is 0 Å². The fourth-order valence-electron chi connectivity index (χ4n) is 3.33. The molecule has 1 atom stereocenters. The Hall–Kier alpha value is -2.79. The maximum Gasteiger partial charge on any atom is 0.416 e. The van der Waals surface area contributed by atoms with E-state index in [-0.39, 0.29) is 19.2 Å². The number of halogens is 6. The lowest BCUT2D eigenvalue weighted by molar-refractivity contribution is -0.151. The van der Waals surface area contributed by atoms with E-state index < -0.39 is 59.3 Å². The highest BCUT2D eigenvalue weighted by Crippen LogP contribution is 2.36. The third-order valence-electron chi connectivity index (χ3n) is 4.95. The number of hydrogen-bond acceptors (Lipinski definition) is 4. The quantitative estimate of drug-likeness (QED) is 0.489. The van der Waals surface area contributed by atoms with Crippen molar-refractivity contribution < 1.29 is 45.5 Å². The van der Waals surface area contributed by atoms with Gasteiger partial charge in [-0.1, -0.05) is 0 Å². The number of piperidine rings is 1. The Kier molecular flexibility index (Phi) is 7.79. The summed E-state index contributed by atoms with van der Waals surface area (Å²) in [4.78, 5) is 39.0. The van der Waals surface area contributed by atoms with E-state index >= 15 is 0 Å². The molecule has 178 valence electrons. The minimum Gasteiger partial charge on any atom is -0.466 e. The third kappa shape index (κ3) is 6.36. The van der Waals surface area contributed by atoms with Gasteiger partial charge in [-0.15, -0.1) is 0 Å². The largest absolute Gasteiger partial charge is 0.466 e. The minimum atomic E-state index is -5.10. The van der Waals surface area contributed by atoms with Crippen LogP contribution in [0.3, 0.4) is 0 Å². The highest BCUT2D eigenvalue weighted by Gasteiger charge is 2.38. The molecular formula is C20H22F6N2O4. The lowest BCUT2D eigenvalue weighted by Gasteiger charge is -2.32. The highest BCUT2D eigenvalue weighted by atomic mass is 19.4. The molecule has 0 aliphatic carbocycles. The molecule has 0 aromatic heterocycles. The molecule has 1 heterocycles. The number of hydrogen-bond donors (Lipinski definition) is 0. The number of nitrogens with zero attached hydrogens (tertiary/aromatic N) is 2. The monoisotopic (exact) mass is 468 g/mol. The van der Waals surface area contributed by atoms with Crippen LogP contribution in [-0.4, -0.2) is 60.9 Å². The van der Waals surface area contributed by atoms with Crippen molar-refractivity contribution in [3.05, 3.63) is 34.9 Å². The van der Waals surface area contributed by atoms with Crippen molar-refractivity contribution in [1.29, 1.82) is 0 Å². The first-order valence-corrected chi connectivity index (χ1v) is 9.73. The van der Waals surface area contributed by atoms with Gasteiger partial charge in [-0.05, 0) is 38.0 Å². The normalized spacial score (nSPS) is 17.1. The first-order chi connectivity index (χ1) is 14.7. The summed E-state index contributed by atoms with van der Waals surface area (Å²) in [6.07, 6.45) is -9.17. The molecular weight excluding hydrogens is 446 g/mol. The number of ether oxygens (including phenoxy) is 1. The Labute approximate surface area is 180 Å². The van der Waals surface area contributed by atoms with Gasteiger partial charge in [-0.25, -0.2) is 0 Å². The van der Waals surface area contributed by atoms with Crippen LogP contribution in [0.4, 0.5) is 26.3 Å². The summed E-state index contributed by atoms with van der Waals surface area (Å²) < 4.78 is 83.1. The molecule has 0 saturated carbocycles. The summed E-state index contributed by atoms with van der Waals surface area (Å²) in [5.41, 5.74) is -4.09. The Balaban J connectivity index is 2.16. The zero-order chi connectivity index (χ0) is 24.3. The van der Waals surface area contributed by atoms with E-state index in [1.54, 1.807) is 6.92 Å². The van der Waals surface area contributed by atoms with Gasteiger partial charge in [0.05, 0.1) is 30.2 Å². The van der Waals surface area contributed by atoms with Crippen LogP contribution in [0, 0.1) is 5.92 Å². The molecule has 1 unspecified atom stereocenters. The highest BCUT2D eigenvalue weighted by molar-refractivity contribution is 5.96. The Morgan fingerprint density at radius 3 is 2.12 bits per heavy atom. The fraction of sp³-hybridized carbons (Fsp3) is 0.550. The molecule has 32 heavy (non-hydrogen) atoms. The molecule has 12 heteroatoms. The van der Waals surface area contributed by atoms with Crippen LogP contribution < -0.4 is 0 Å². The molecule has 1 aliphatic rings. The minimum absolute atomic E-state index is 0.0570. The molecule has 2 rings (SSSR count). The van der Waals surface area contributed by atoms with E-state index in [4.69, 9.17) is 4.74 Å². The average Bonchev–Trinajstić information content (AvgIpc) is 2.71. The third-order valence-corrected chi connectivity index (χ3v) is 4.95. The van der Waals surface area contributed by atoms with Gasteiger partial charge in [-0.2, -0.15) is 26.3 Å². The first kappa shape index (κ1) is 25.5. The summed E-state index contributed by atoms with van der Waals surface area (Å²) in [6, 6.07) is 0.553. The van der Waals surface area contributed by atoms with Gasteiger partial charge in [-0.3, -0.25) is 14.4 Å². The summed E-state index contributed by atoms with van der Waals surface area (Å²) in [5.74, 6) is -2.75. The predicted octanol–water partition coefficient (Wildman–Crippen LogP) is 3.60. The van der Waals surface area contributed by atoms with E-state index in [1.807, 2.05) is 0 Å². The number of rotatable bonds is 5. The maximum atomic E-state index is 13.0. The molecule has 0 bridgehead atoms. The van der Waals surface area contributed by atoms with Crippen LogP contribution in [0.25, 0.3) is 0 Å². The van der Waals surface area contributed by atoms with Gasteiger partial charge in [0.15, 0.2) is 0 Å². The number of carbonyl (C=O) groups is 3. The van der Waals surface area contributed by atoms with E-state index in [0.29, 0.717) is 31.5 Å². The maximum absolute atomic E-state index is 13.0. The number of likely N-dealkylation sites (tertiary alicyclic amines) is 1. The number of carbonyl (C=O) groups excluding carboxylic acids is 3. The van der Waals surface area contributed by atoms with Crippen molar-refractivity contribution in [1.82, 2.24) is 9.80 Å². The second kappa shape index (κ2) is 9.78. The second-order valence-corrected chi connectivity index (χ2v) is 7.39. The van der Waals surface area contributed by atoms with Gasteiger partial charge in [0.25, 0.3) is 5.91 Å². The van der Waals surface area contributed by atoms with Gasteiger partial charge in [0.1, 0.15) is 0 Å². The molecule has 1 saturated heterocycles. The van der Waals surface area contributed by atoms with Gasteiger partial charge in [0, 0.05) is 25.7 Å². The smallest absolute Gasteiger partial charge is 0.416 e. The number of benzene rings is 1. The summed E-state index contributed by atoms with van der Waals surface area (Å²) in [5, 5.41) is 0. The second-order valence-electron chi connectivity index (χ2n) is 7.39. The zero-order valence-corrected chi connectivity index (χ0v) is 17.3. The van der Waals surface area contributed by atoms with E-state index in [9.17, 15) is 40.7 Å². The molecule has 0 radical (unpaired) electrons. The van der Waals surface area contributed by atoms with E-state index in [0.717, 1.165) is 11.9 Å². The van der Waals surface area contributed by atoms with Gasteiger partial charge < -0.3 is 14.5 Å². The Morgan fingerprint density at radius 2 is 1.62 bits per heavy atom. The first-order valence-electron chi connectivity index (χ1n) is 9.73. The molecule has 0 spiro atoms. The van der Waals surface area contributed by atoms with Gasteiger partial charge >= 0.3 is 18.3 Å². The standard InChI is InChI=1S/C20H22F6N2O4/c1-3-32-18(31)12-5-4-6-28(10-12)16(29)11-27(2)17(30)13-7-14(19(21,22)23)9-15(8-13)20(24,25)26/h7-9,12H,3-6,10-11H2,1-2H3. The number of likely N-dealkylation sites (N-methyl/N-ethyl adjacent to an activating group) is 1. The van der Waals surface area contributed by atoms with E-state index in [1.165, 1.54) is 4.90 Å². The molecule has 1 fully saturated rings. The van der Waals surface area contributed by atoms with Crippen molar-refractivity contribution in [2.45, 2.75) is 32.1 Å². The Morgan fingerprint density at radius 1 is 1.06 bits per heavy atom. The molecule has 1 aromatic carbocycles. The van der Waals surface area contributed by atoms with E-state index in [2.05, 4.69) is 0 Å². The van der Waals surface area contributed by atoms with Crippen molar-refractivity contribution in [2.24, 2.45) is 5.92 Å². The van der Waals surface area contributed by atoms with Gasteiger partial charge in [0.2, 0.25) is 5.91 Å². The molecule has 0 N–H and O–H groups in total. The van der Waals surface area contributed by atoms with Crippen LogP contribution in [0.2, 0.25) is 0 Å².